The Morgan fingerprint density at radius 1 is 0.812 bits per heavy atom. The van der Waals surface area contributed by atoms with Crippen molar-refractivity contribution in [3.05, 3.63) is 82.3 Å². The minimum absolute atomic E-state index is 0.167. The van der Waals surface area contributed by atoms with Crippen molar-refractivity contribution < 1.29 is 4.39 Å². The quantitative estimate of drug-likeness (QED) is 0.456. The number of aromatic nitrogens is 2. The average Bonchev–Trinajstić information content (AvgIpc) is 2.79. The van der Waals surface area contributed by atoms with Crippen LogP contribution in [0.2, 0.25) is 0 Å². The third-order valence-electron chi connectivity index (χ3n) is 6.16. The number of hydrogen-bond donors (Lipinski definition) is 2. The van der Waals surface area contributed by atoms with E-state index >= 15 is 0 Å². The Kier molecular flexibility index (Phi) is 6.73. The van der Waals surface area contributed by atoms with Crippen LogP contribution in [0.5, 0.6) is 0 Å². The molecule has 1 aliphatic rings. The van der Waals surface area contributed by atoms with E-state index < -0.39 is 0 Å². The molecule has 0 radical (unpaired) electrons. The van der Waals surface area contributed by atoms with E-state index in [1.165, 1.54) is 41.7 Å². The monoisotopic (exact) mass is 432 g/mol. The van der Waals surface area contributed by atoms with E-state index in [0.717, 1.165) is 48.7 Å². The van der Waals surface area contributed by atoms with Gasteiger partial charge in [-0.05, 0) is 72.1 Å². The standard InChI is InChI=1S/C27H33FN4/c1-27(2,3)20-10-14-22(15-11-20)29-16-17-30-26-24-7-5-4-6-23(24)25(31-32-26)18-19-8-12-21(28)13-9-19/h8-15,29H,4-7,16-18H2,1-3H3,(H,30,32). The molecule has 4 rings (SSSR count). The van der Waals surface area contributed by atoms with Crippen molar-refractivity contribution in [3.63, 3.8) is 0 Å². The maximum Gasteiger partial charge on any atom is 0.152 e. The van der Waals surface area contributed by atoms with Crippen molar-refractivity contribution in [1.82, 2.24) is 10.2 Å². The first-order valence-electron chi connectivity index (χ1n) is 11.6. The van der Waals surface area contributed by atoms with Crippen molar-refractivity contribution >= 4 is 11.5 Å². The second kappa shape index (κ2) is 9.68. The molecule has 2 aromatic carbocycles. The maximum absolute atomic E-state index is 13.2. The fraction of sp³-hybridized carbons (Fsp3) is 0.407. The van der Waals surface area contributed by atoms with Gasteiger partial charge in [0.25, 0.3) is 0 Å². The minimum Gasteiger partial charge on any atom is -0.383 e. The van der Waals surface area contributed by atoms with Gasteiger partial charge in [-0.3, -0.25) is 0 Å². The SMILES string of the molecule is CC(C)(C)c1ccc(NCCNc2nnc(Cc3ccc(F)cc3)c3c2CCCC3)cc1. The van der Waals surface area contributed by atoms with Crippen LogP contribution >= 0.6 is 0 Å². The van der Waals surface area contributed by atoms with Crippen LogP contribution in [0.4, 0.5) is 15.9 Å². The zero-order valence-corrected chi connectivity index (χ0v) is 19.3. The lowest BCUT2D eigenvalue weighted by atomic mass is 9.87. The lowest BCUT2D eigenvalue weighted by molar-refractivity contribution is 0.590. The van der Waals surface area contributed by atoms with Crippen molar-refractivity contribution in [2.45, 2.75) is 58.3 Å². The Labute approximate surface area is 190 Å². The summed E-state index contributed by atoms with van der Waals surface area (Å²) in [5.41, 5.74) is 7.35. The molecule has 0 saturated carbocycles. The maximum atomic E-state index is 13.2. The van der Waals surface area contributed by atoms with Crippen LogP contribution < -0.4 is 10.6 Å². The summed E-state index contributed by atoms with van der Waals surface area (Å²) in [6, 6.07) is 15.4. The molecule has 0 unspecified atom stereocenters. The third kappa shape index (κ3) is 5.45. The molecule has 0 aliphatic heterocycles. The number of rotatable bonds is 7. The zero-order chi connectivity index (χ0) is 22.6. The van der Waals surface area contributed by atoms with Gasteiger partial charge >= 0.3 is 0 Å². The van der Waals surface area contributed by atoms with E-state index in [1.807, 2.05) is 12.1 Å². The summed E-state index contributed by atoms with van der Waals surface area (Å²) in [7, 11) is 0. The highest BCUT2D eigenvalue weighted by Gasteiger charge is 2.19. The largest absolute Gasteiger partial charge is 0.383 e. The van der Waals surface area contributed by atoms with E-state index in [1.54, 1.807) is 0 Å². The van der Waals surface area contributed by atoms with E-state index in [9.17, 15) is 4.39 Å². The molecular weight excluding hydrogens is 399 g/mol. The minimum atomic E-state index is -0.208. The van der Waals surface area contributed by atoms with Crippen molar-refractivity contribution in [2.24, 2.45) is 0 Å². The molecule has 0 amide bonds. The van der Waals surface area contributed by atoms with Crippen LogP contribution in [-0.2, 0) is 24.7 Å². The average molecular weight is 433 g/mol. The molecule has 0 spiro atoms. The number of halogens is 1. The van der Waals surface area contributed by atoms with Crippen molar-refractivity contribution in [3.8, 4) is 0 Å². The van der Waals surface area contributed by atoms with Gasteiger partial charge in [-0.2, -0.15) is 5.10 Å². The Morgan fingerprint density at radius 3 is 2.16 bits per heavy atom. The van der Waals surface area contributed by atoms with Gasteiger partial charge in [-0.15, -0.1) is 5.10 Å². The molecular formula is C27H33FN4. The predicted molar refractivity (Wildman–Crippen MR) is 130 cm³/mol. The highest BCUT2D eigenvalue weighted by molar-refractivity contribution is 5.51. The van der Waals surface area contributed by atoms with Gasteiger partial charge < -0.3 is 10.6 Å². The molecule has 1 aromatic heterocycles. The van der Waals surface area contributed by atoms with E-state index in [4.69, 9.17) is 0 Å². The molecule has 168 valence electrons. The molecule has 2 N–H and O–H groups in total. The first-order valence-corrected chi connectivity index (χ1v) is 11.6. The van der Waals surface area contributed by atoms with Gasteiger partial charge in [0, 0.05) is 30.8 Å². The van der Waals surface area contributed by atoms with Crippen molar-refractivity contribution in [1.29, 1.82) is 0 Å². The number of fused-ring (bicyclic) bond motifs is 1. The fourth-order valence-electron chi connectivity index (χ4n) is 4.27. The predicted octanol–water partition coefficient (Wildman–Crippen LogP) is 5.91. The first kappa shape index (κ1) is 22.3. The smallest absolute Gasteiger partial charge is 0.152 e. The van der Waals surface area contributed by atoms with Crippen LogP contribution in [0.15, 0.2) is 48.5 Å². The molecule has 4 nitrogen and oxygen atoms in total. The fourth-order valence-corrected chi connectivity index (χ4v) is 4.27. The van der Waals surface area contributed by atoms with Crippen LogP contribution in [0, 0.1) is 5.82 Å². The van der Waals surface area contributed by atoms with Crippen LogP contribution in [0.25, 0.3) is 0 Å². The number of nitrogens with one attached hydrogen (secondary N) is 2. The number of nitrogens with zero attached hydrogens (tertiary/aromatic N) is 2. The molecule has 3 aromatic rings. The Morgan fingerprint density at radius 2 is 1.47 bits per heavy atom. The Bertz CT molecular complexity index is 1040. The molecule has 1 aliphatic carbocycles. The summed E-state index contributed by atoms with van der Waals surface area (Å²) in [6.07, 6.45) is 5.13. The summed E-state index contributed by atoms with van der Waals surface area (Å²) in [5, 5.41) is 16.1. The first-order chi connectivity index (χ1) is 15.4. The number of benzene rings is 2. The van der Waals surface area contributed by atoms with Crippen molar-refractivity contribution in [2.75, 3.05) is 23.7 Å². The molecule has 0 atom stereocenters. The van der Waals surface area contributed by atoms with Gasteiger partial charge in [0.05, 0.1) is 5.69 Å². The second-order valence-electron chi connectivity index (χ2n) is 9.64. The summed E-state index contributed by atoms with van der Waals surface area (Å²) in [4.78, 5) is 0. The number of anilines is 2. The molecule has 0 bridgehead atoms. The van der Waals surface area contributed by atoms with Crippen LogP contribution in [0.3, 0.4) is 0 Å². The lowest BCUT2D eigenvalue weighted by Crippen LogP contribution is -2.19. The normalized spacial score (nSPS) is 13.5. The highest BCUT2D eigenvalue weighted by Crippen LogP contribution is 2.29. The summed E-state index contributed by atoms with van der Waals surface area (Å²) < 4.78 is 13.2. The van der Waals surface area contributed by atoms with Crippen LogP contribution in [0.1, 0.15) is 61.6 Å². The molecule has 0 saturated heterocycles. The molecule has 1 heterocycles. The van der Waals surface area contributed by atoms with E-state index in [-0.39, 0.29) is 11.2 Å². The summed E-state index contributed by atoms with van der Waals surface area (Å²) in [5.74, 6) is 0.701. The molecule has 0 fully saturated rings. The zero-order valence-electron chi connectivity index (χ0n) is 19.3. The molecule has 32 heavy (non-hydrogen) atoms. The van der Waals surface area contributed by atoms with Crippen LogP contribution in [-0.4, -0.2) is 23.3 Å². The van der Waals surface area contributed by atoms with Gasteiger partial charge in [0.1, 0.15) is 5.82 Å². The molecule has 5 heteroatoms. The Hall–Kier alpha value is -2.95. The van der Waals surface area contributed by atoms with Gasteiger partial charge in [0.2, 0.25) is 0 Å². The summed E-state index contributed by atoms with van der Waals surface area (Å²) >= 11 is 0. The second-order valence-corrected chi connectivity index (χ2v) is 9.64. The Balaban J connectivity index is 1.38. The van der Waals surface area contributed by atoms with E-state index in [2.05, 4.69) is 65.9 Å². The van der Waals surface area contributed by atoms with Gasteiger partial charge in [-0.1, -0.05) is 45.0 Å². The van der Waals surface area contributed by atoms with E-state index in [0.29, 0.717) is 6.42 Å². The number of hydrogen-bond acceptors (Lipinski definition) is 4. The van der Waals surface area contributed by atoms with Gasteiger partial charge in [0.15, 0.2) is 5.82 Å². The highest BCUT2D eigenvalue weighted by atomic mass is 19.1. The van der Waals surface area contributed by atoms with Gasteiger partial charge in [-0.25, -0.2) is 4.39 Å². The third-order valence-corrected chi connectivity index (χ3v) is 6.16. The summed E-state index contributed by atoms with van der Waals surface area (Å²) in [6.45, 7) is 8.27. The lowest BCUT2D eigenvalue weighted by Gasteiger charge is -2.22. The topological polar surface area (TPSA) is 49.8 Å².